The molecule has 1 N–H and O–H groups in total. The molecular weight excluding hydrogens is 210 g/mol. The van der Waals surface area contributed by atoms with Gasteiger partial charge in [0, 0.05) is 37.6 Å². The van der Waals surface area contributed by atoms with Crippen LogP contribution in [0.4, 0.5) is 11.5 Å². The Balaban J connectivity index is 2.00. The highest BCUT2D eigenvalue weighted by molar-refractivity contribution is 5.54. The summed E-state index contributed by atoms with van der Waals surface area (Å²) in [5.41, 5.74) is 1.31. The number of hydrogen-bond donors (Lipinski definition) is 1. The van der Waals surface area contributed by atoms with Crippen LogP contribution in [0.3, 0.4) is 0 Å². The maximum absolute atomic E-state index is 4.32. The molecule has 1 aromatic heterocycles. The van der Waals surface area contributed by atoms with Crippen LogP contribution in [-0.2, 0) is 0 Å². The third-order valence-corrected chi connectivity index (χ3v) is 3.66. The molecule has 1 saturated heterocycles. The first-order valence-electron chi connectivity index (χ1n) is 6.78. The average Bonchev–Trinajstić information content (AvgIpc) is 2.40. The summed E-state index contributed by atoms with van der Waals surface area (Å²) in [6, 6.07) is 4.28. The summed E-state index contributed by atoms with van der Waals surface area (Å²) >= 11 is 0. The second-order valence-electron chi connectivity index (χ2n) is 4.77. The predicted octanol–water partition coefficient (Wildman–Crippen LogP) is 3.14. The van der Waals surface area contributed by atoms with Crippen LogP contribution in [0.5, 0.6) is 0 Å². The van der Waals surface area contributed by atoms with Crippen molar-refractivity contribution in [1.82, 2.24) is 4.98 Å². The number of piperidine rings is 1. The summed E-state index contributed by atoms with van der Waals surface area (Å²) in [6.45, 7) is 7.70. The van der Waals surface area contributed by atoms with E-state index in [0.717, 1.165) is 18.3 Å². The highest BCUT2D eigenvalue weighted by atomic mass is 15.1. The van der Waals surface area contributed by atoms with Crippen LogP contribution >= 0.6 is 0 Å². The van der Waals surface area contributed by atoms with E-state index >= 15 is 0 Å². The lowest BCUT2D eigenvalue weighted by molar-refractivity contribution is 0.395. The maximum Gasteiger partial charge on any atom is 0.127 e. The fourth-order valence-electron chi connectivity index (χ4n) is 2.49. The number of rotatable bonds is 4. The molecule has 17 heavy (non-hydrogen) atoms. The summed E-state index contributed by atoms with van der Waals surface area (Å²) in [6.07, 6.45) is 5.89. The van der Waals surface area contributed by atoms with Gasteiger partial charge in [-0.25, -0.2) is 4.98 Å². The standard InChI is InChI=1S/C14H23N3/c1-3-12-6-9-17(10-7-12)13-5-8-16-14(11-13)15-4-2/h5,8,11-12H,3-4,6-7,9-10H2,1-2H3,(H,15,16). The lowest BCUT2D eigenvalue weighted by Gasteiger charge is -2.33. The minimum Gasteiger partial charge on any atom is -0.371 e. The van der Waals surface area contributed by atoms with Crippen molar-refractivity contribution in [2.45, 2.75) is 33.1 Å². The SMILES string of the molecule is CCNc1cc(N2CCC(CC)CC2)ccn1. The van der Waals surface area contributed by atoms with Gasteiger partial charge in [0.1, 0.15) is 5.82 Å². The van der Waals surface area contributed by atoms with E-state index in [1.54, 1.807) is 0 Å². The summed E-state index contributed by atoms with van der Waals surface area (Å²) in [7, 11) is 0. The molecule has 3 nitrogen and oxygen atoms in total. The van der Waals surface area contributed by atoms with Gasteiger partial charge in [-0.1, -0.05) is 13.3 Å². The Morgan fingerprint density at radius 2 is 2.12 bits per heavy atom. The van der Waals surface area contributed by atoms with Gasteiger partial charge in [0.25, 0.3) is 0 Å². The van der Waals surface area contributed by atoms with Gasteiger partial charge in [-0.3, -0.25) is 0 Å². The first kappa shape index (κ1) is 12.2. The Hall–Kier alpha value is -1.25. The predicted molar refractivity (Wildman–Crippen MR) is 73.6 cm³/mol. The summed E-state index contributed by atoms with van der Waals surface area (Å²) in [4.78, 5) is 6.80. The Morgan fingerprint density at radius 1 is 1.35 bits per heavy atom. The Labute approximate surface area is 104 Å². The lowest BCUT2D eigenvalue weighted by Crippen LogP contribution is -2.33. The van der Waals surface area contributed by atoms with Crippen LogP contribution in [0.25, 0.3) is 0 Å². The van der Waals surface area contributed by atoms with E-state index in [1.807, 2.05) is 6.20 Å². The van der Waals surface area contributed by atoms with Gasteiger partial charge in [0.2, 0.25) is 0 Å². The zero-order chi connectivity index (χ0) is 12.1. The zero-order valence-electron chi connectivity index (χ0n) is 10.9. The Bertz CT molecular complexity index is 343. The van der Waals surface area contributed by atoms with Crippen LogP contribution in [0.2, 0.25) is 0 Å². The van der Waals surface area contributed by atoms with E-state index in [0.29, 0.717) is 0 Å². The Kier molecular flexibility index (Phi) is 4.24. The lowest BCUT2D eigenvalue weighted by atomic mass is 9.94. The molecule has 0 unspecified atom stereocenters. The quantitative estimate of drug-likeness (QED) is 0.866. The molecule has 3 heteroatoms. The van der Waals surface area contributed by atoms with Gasteiger partial charge >= 0.3 is 0 Å². The summed E-state index contributed by atoms with van der Waals surface area (Å²) in [5, 5.41) is 3.27. The van der Waals surface area contributed by atoms with Gasteiger partial charge in [0.15, 0.2) is 0 Å². The van der Waals surface area contributed by atoms with Crippen molar-refractivity contribution in [2.75, 3.05) is 29.9 Å². The molecule has 0 radical (unpaired) electrons. The minimum atomic E-state index is 0.925. The molecule has 1 aliphatic heterocycles. The van der Waals surface area contributed by atoms with Crippen LogP contribution in [0, 0.1) is 5.92 Å². The van der Waals surface area contributed by atoms with E-state index in [4.69, 9.17) is 0 Å². The van der Waals surface area contributed by atoms with E-state index in [1.165, 1.54) is 38.0 Å². The molecule has 94 valence electrons. The molecule has 2 rings (SSSR count). The molecule has 0 atom stereocenters. The molecular formula is C14H23N3. The second-order valence-corrected chi connectivity index (χ2v) is 4.77. The molecule has 2 heterocycles. The Morgan fingerprint density at radius 3 is 2.76 bits per heavy atom. The topological polar surface area (TPSA) is 28.2 Å². The zero-order valence-corrected chi connectivity index (χ0v) is 10.9. The van der Waals surface area contributed by atoms with Gasteiger partial charge in [0.05, 0.1) is 0 Å². The number of hydrogen-bond acceptors (Lipinski definition) is 3. The average molecular weight is 233 g/mol. The van der Waals surface area contributed by atoms with Crippen LogP contribution in [-0.4, -0.2) is 24.6 Å². The molecule has 1 fully saturated rings. The van der Waals surface area contributed by atoms with Crippen molar-refractivity contribution < 1.29 is 0 Å². The number of aromatic nitrogens is 1. The number of pyridine rings is 1. The smallest absolute Gasteiger partial charge is 0.127 e. The monoisotopic (exact) mass is 233 g/mol. The van der Waals surface area contributed by atoms with Crippen molar-refractivity contribution >= 4 is 11.5 Å². The van der Waals surface area contributed by atoms with E-state index in [-0.39, 0.29) is 0 Å². The van der Waals surface area contributed by atoms with Crippen LogP contribution in [0.1, 0.15) is 33.1 Å². The molecule has 0 aromatic carbocycles. The van der Waals surface area contributed by atoms with Gasteiger partial charge in [-0.05, 0) is 31.7 Å². The van der Waals surface area contributed by atoms with Gasteiger partial charge in [-0.2, -0.15) is 0 Å². The fraction of sp³-hybridized carbons (Fsp3) is 0.643. The van der Waals surface area contributed by atoms with E-state index in [9.17, 15) is 0 Å². The number of anilines is 2. The summed E-state index contributed by atoms with van der Waals surface area (Å²) < 4.78 is 0. The van der Waals surface area contributed by atoms with Crippen molar-refractivity contribution in [1.29, 1.82) is 0 Å². The largest absolute Gasteiger partial charge is 0.371 e. The molecule has 0 bridgehead atoms. The summed E-state index contributed by atoms with van der Waals surface area (Å²) in [5.74, 6) is 1.92. The molecule has 0 saturated carbocycles. The second kappa shape index (κ2) is 5.89. The van der Waals surface area contributed by atoms with Crippen molar-refractivity contribution in [3.8, 4) is 0 Å². The molecule has 1 aromatic rings. The number of nitrogens with one attached hydrogen (secondary N) is 1. The molecule has 0 aliphatic carbocycles. The maximum atomic E-state index is 4.32. The molecule has 0 amide bonds. The highest BCUT2D eigenvalue weighted by Crippen LogP contribution is 2.25. The third-order valence-electron chi connectivity index (χ3n) is 3.66. The van der Waals surface area contributed by atoms with E-state index in [2.05, 4.69) is 41.2 Å². The van der Waals surface area contributed by atoms with Crippen LogP contribution < -0.4 is 10.2 Å². The minimum absolute atomic E-state index is 0.925. The third kappa shape index (κ3) is 3.11. The normalized spacial score (nSPS) is 17.2. The molecule has 0 spiro atoms. The van der Waals surface area contributed by atoms with Crippen molar-refractivity contribution in [2.24, 2.45) is 5.92 Å². The molecule has 1 aliphatic rings. The first-order valence-corrected chi connectivity index (χ1v) is 6.78. The highest BCUT2D eigenvalue weighted by Gasteiger charge is 2.18. The van der Waals surface area contributed by atoms with Gasteiger partial charge < -0.3 is 10.2 Å². The van der Waals surface area contributed by atoms with Gasteiger partial charge in [-0.15, -0.1) is 0 Å². The number of nitrogens with zero attached hydrogens (tertiary/aromatic N) is 2. The van der Waals surface area contributed by atoms with Crippen LogP contribution in [0.15, 0.2) is 18.3 Å². The first-order chi connectivity index (χ1) is 8.33. The van der Waals surface area contributed by atoms with E-state index < -0.39 is 0 Å². The van der Waals surface area contributed by atoms with Crippen molar-refractivity contribution in [3.63, 3.8) is 0 Å². The van der Waals surface area contributed by atoms with Crippen molar-refractivity contribution in [3.05, 3.63) is 18.3 Å². The fourth-order valence-corrected chi connectivity index (χ4v) is 2.49.